The summed E-state index contributed by atoms with van der Waals surface area (Å²) in [5.74, 6) is 0.0128. The Bertz CT molecular complexity index is 615. The second-order valence-electron chi connectivity index (χ2n) is 5.84. The zero-order valence-corrected chi connectivity index (χ0v) is 13.4. The van der Waals surface area contributed by atoms with Crippen LogP contribution in [0.4, 0.5) is 0 Å². The number of nitrogens with one attached hydrogen (secondary N) is 1. The molecule has 0 aliphatic rings. The Balaban J connectivity index is 2.03. The van der Waals surface area contributed by atoms with E-state index in [-0.39, 0.29) is 5.91 Å². The van der Waals surface area contributed by atoms with E-state index >= 15 is 0 Å². The van der Waals surface area contributed by atoms with Crippen LogP contribution in [0, 0.1) is 6.92 Å². The standard InChI is InChI=1S/C18H20ClNO/c1-13-4-6-14(7-5-13)12-17(21)20-18(2,3)15-8-10-16(19)11-9-15/h4-11H,12H2,1-3H3,(H,20,21). The molecule has 0 heterocycles. The fourth-order valence-corrected chi connectivity index (χ4v) is 2.35. The highest BCUT2D eigenvalue weighted by Gasteiger charge is 2.22. The molecule has 0 spiro atoms. The average molecular weight is 302 g/mol. The topological polar surface area (TPSA) is 29.1 Å². The number of benzene rings is 2. The molecule has 0 aliphatic heterocycles. The van der Waals surface area contributed by atoms with Crippen LogP contribution in [0.5, 0.6) is 0 Å². The number of amides is 1. The molecule has 0 aliphatic carbocycles. The number of carbonyl (C=O) groups is 1. The van der Waals surface area contributed by atoms with Crippen LogP contribution in [0.2, 0.25) is 5.02 Å². The molecule has 21 heavy (non-hydrogen) atoms. The van der Waals surface area contributed by atoms with Crippen LogP contribution in [-0.4, -0.2) is 5.91 Å². The Morgan fingerprint density at radius 2 is 1.62 bits per heavy atom. The van der Waals surface area contributed by atoms with Crippen molar-refractivity contribution in [2.75, 3.05) is 0 Å². The van der Waals surface area contributed by atoms with E-state index in [1.54, 1.807) is 0 Å². The van der Waals surface area contributed by atoms with Crippen molar-refractivity contribution in [2.24, 2.45) is 0 Å². The van der Waals surface area contributed by atoms with Crippen molar-refractivity contribution in [3.05, 3.63) is 70.2 Å². The van der Waals surface area contributed by atoms with Gasteiger partial charge in [-0.3, -0.25) is 4.79 Å². The maximum atomic E-state index is 12.2. The highest BCUT2D eigenvalue weighted by molar-refractivity contribution is 6.30. The summed E-state index contributed by atoms with van der Waals surface area (Å²) in [7, 11) is 0. The van der Waals surface area contributed by atoms with Gasteiger partial charge in [-0.1, -0.05) is 53.6 Å². The smallest absolute Gasteiger partial charge is 0.225 e. The van der Waals surface area contributed by atoms with Gasteiger partial charge >= 0.3 is 0 Å². The Morgan fingerprint density at radius 3 is 2.19 bits per heavy atom. The highest BCUT2D eigenvalue weighted by atomic mass is 35.5. The summed E-state index contributed by atoms with van der Waals surface area (Å²) in [4.78, 5) is 12.2. The minimum Gasteiger partial charge on any atom is -0.347 e. The zero-order valence-electron chi connectivity index (χ0n) is 12.6. The maximum absolute atomic E-state index is 12.2. The molecule has 1 N–H and O–H groups in total. The summed E-state index contributed by atoms with van der Waals surface area (Å²) in [5.41, 5.74) is 2.82. The van der Waals surface area contributed by atoms with Crippen molar-refractivity contribution < 1.29 is 4.79 Å². The molecule has 0 fully saturated rings. The van der Waals surface area contributed by atoms with Crippen LogP contribution < -0.4 is 5.32 Å². The lowest BCUT2D eigenvalue weighted by atomic mass is 9.94. The van der Waals surface area contributed by atoms with Gasteiger partial charge < -0.3 is 5.32 Å². The SMILES string of the molecule is Cc1ccc(CC(=O)NC(C)(C)c2ccc(Cl)cc2)cc1. The summed E-state index contributed by atoms with van der Waals surface area (Å²) in [5, 5.41) is 3.77. The van der Waals surface area contributed by atoms with Crippen molar-refractivity contribution in [1.82, 2.24) is 5.32 Å². The lowest BCUT2D eigenvalue weighted by molar-refractivity contribution is -0.122. The first-order chi connectivity index (χ1) is 9.87. The Morgan fingerprint density at radius 1 is 1.05 bits per heavy atom. The molecule has 0 radical (unpaired) electrons. The van der Waals surface area contributed by atoms with Crippen molar-refractivity contribution in [2.45, 2.75) is 32.7 Å². The Kier molecular flexibility index (Phi) is 4.69. The first-order valence-electron chi connectivity index (χ1n) is 6.99. The van der Waals surface area contributed by atoms with E-state index in [1.807, 2.05) is 69.3 Å². The van der Waals surface area contributed by atoms with E-state index in [2.05, 4.69) is 5.32 Å². The normalized spacial score (nSPS) is 11.2. The average Bonchev–Trinajstić information content (AvgIpc) is 2.41. The van der Waals surface area contributed by atoms with Crippen LogP contribution in [-0.2, 0) is 16.8 Å². The molecule has 2 rings (SSSR count). The van der Waals surface area contributed by atoms with Gasteiger partial charge in [0.25, 0.3) is 0 Å². The molecule has 2 aromatic carbocycles. The van der Waals surface area contributed by atoms with E-state index in [9.17, 15) is 4.79 Å². The van der Waals surface area contributed by atoms with Crippen LogP contribution in [0.15, 0.2) is 48.5 Å². The third-order valence-corrected chi connectivity index (χ3v) is 3.76. The second-order valence-corrected chi connectivity index (χ2v) is 6.28. The van der Waals surface area contributed by atoms with Crippen LogP contribution in [0.25, 0.3) is 0 Å². The summed E-state index contributed by atoms with van der Waals surface area (Å²) in [6.07, 6.45) is 0.386. The molecule has 0 saturated carbocycles. The first kappa shape index (κ1) is 15.6. The maximum Gasteiger partial charge on any atom is 0.225 e. The second kappa shape index (κ2) is 6.31. The highest BCUT2D eigenvalue weighted by Crippen LogP contribution is 2.22. The number of rotatable bonds is 4. The van der Waals surface area contributed by atoms with E-state index in [4.69, 9.17) is 11.6 Å². The quantitative estimate of drug-likeness (QED) is 0.899. The molecule has 110 valence electrons. The van der Waals surface area contributed by atoms with Gasteiger partial charge in [-0.05, 0) is 44.0 Å². The van der Waals surface area contributed by atoms with Gasteiger partial charge in [-0.15, -0.1) is 0 Å². The number of aryl methyl sites for hydroxylation is 1. The van der Waals surface area contributed by atoms with Crippen molar-refractivity contribution in [1.29, 1.82) is 0 Å². The number of hydrogen-bond acceptors (Lipinski definition) is 1. The minimum absolute atomic E-state index is 0.0128. The van der Waals surface area contributed by atoms with Gasteiger partial charge in [0.15, 0.2) is 0 Å². The molecule has 0 bridgehead atoms. The van der Waals surface area contributed by atoms with Gasteiger partial charge in [-0.25, -0.2) is 0 Å². The van der Waals surface area contributed by atoms with E-state index in [0.717, 1.165) is 11.1 Å². The van der Waals surface area contributed by atoms with Crippen molar-refractivity contribution in [3.8, 4) is 0 Å². The number of carbonyl (C=O) groups excluding carboxylic acids is 1. The predicted molar refractivity (Wildman–Crippen MR) is 87.5 cm³/mol. The molecule has 1 amide bonds. The lowest BCUT2D eigenvalue weighted by Crippen LogP contribution is -2.41. The zero-order chi connectivity index (χ0) is 15.5. The van der Waals surface area contributed by atoms with Gasteiger partial charge in [-0.2, -0.15) is 0 Å². The fourth-order valence-electron chi connectivity index (χ4n) is 2.22. The molecule has 0 unspecified atom stereocenters. The first-order valence-corrected chi connectivity index (χ1v) is 7.37. The predicted octanol–water partition coefficient (Wildman–Crippen LogP) is 4.24. The molecule has 0 aromatic heterocycles. The summed E-state index contributed by atoms with van der Waals surface area (Å²) >= 11 is 5.90. The third kappa shape index (κ3) is 4.33. The van der Waals surface area contributed by atoms with E-state index < -0.39 is 5.54 Å². The van der Waals surface area contributed by atoms with Gasteiger partial charge in [0, 0.05) is 5.02 Å². The molecular weight excluding hydrogens is 282 g/mol. The van der Waals surface area contributed by atoms with E-state index in [1.165, 1.54) is 5.56 Å². The van der Waals surface area contributed by atoms with Crippen LogP contribution in [0.3, 0.4) is 0 Å². The summed E-state index contributed by atoms with van der Waals surface area (Å²) in [6.45, 7) is 6.01. The molecule has 0 atom stereocenters. The Labute approximate surface area is 131 Å². The van der Waals surface area contributed by atoms with Crippen molar-refractivity contribution in [3.63, 3.8) is 0 Å². The summed E-state index contributed by atoms with van der Waals surface area (Å²) in [6, 6.07) is 15.6. The third-order valence-electron chi connectivity index (χ3n) is 3.50. The van der Waals surface area contributed by atoms with Crippen LogP contribution >= 0.6 is 11.6 Å². The number of halogens is 1. The monoisotopic (exact) mass is 301 g/mol. The lowest BCUT2D eigenvalue weighted by Gasteiger charge is -2.27. The van der Waals surface area contributed by atoms with Crippen LogP contribution in [0.1, 0.15) is 30.5 Å². The molecular formula is C18H20ClNO. The molecule has 2 nitrogen and oxygen atoms in total. The number of hydrogen-bond donors (Lipinski definition) is 1. The van der Waals surface area contributed by atoms with Crippen molar-refractivity contribution >= 4 is 17.5 Å². The Hall–Kier alpha value is -1.80. The van der Waals surface area contributed by atoms with Gasteiger partial charge in [0.2, 0.25) is 5.91 Å². The largest absolute Gasteiger partial charge is 0.347 e. The molecule has 0 saturated heterocycles. The fraction of sp³-hybridized carbons (Fsp3) is 0.278. The summed E-state index contributed by atoms with van der Waals surface area (Å²) < 4.78 is 0. The van der Waals surface area contributed by atoms with E-state index in [0.29, 0.717) is 11.4 Å². The minimum atomic E-state index is -0.424. The van der Waals surface area contributed by atoms with Gasteiger partial charge in [0.1, 0.15) is 0 Å². The van der Waals surface area contributed by atoms with Gasteiger partial charge in [0.05, 0.1) is 12.0 Å². The molecule has 3 heteroatoms. The molecule has 2 aromatic rings.